The van der Waals surface area contributed by atoms with Crippen LogP contribution in [0.25, 0.3) is 16.6 Å². The summed E-state index contributed by atoms with van der Waals surface area (Å²) in [6.07, 6.45) is 6.88. The van der Waals surface area contributed by atoms with Gasteiger partial charge in [-0.3, -0.25) is 4.99 Å². The van der Waals surface area contributed by atoms with Crippen LogP contribution < -0.4 is 0 Å². The number of halogens is 1. The van der Waals surface area contributed by atoms with Crippen molar-refractivity contribution in [1.29, 1.82) is 0 Å². The van der Waals surface area contributed by atoms with Crippen LogP contribution in [-0.4, -0.2) is 15.6 Å². The topological polar surface area (TPSA) is 17.3 Å². The van der Waals surface area contributed by atoms with Crippen LogP contribution in [-0.2, 0) is 0 Å². The Kier molecular flexibility index (Phi) is 2.37. The quantitative estimate of drug-likeness (QED) is 0.659. The minimum absolute atomic E-state index is 0.771. The molecule has 4 rings (SSSR count). The zero-order valence-corrected chi connectivity index (χ0v) is 12.3. The monoisotopic (exact) mass is 328 g/mol. The van der Waals surface area contributed by atoms with Crippen LogP contribution in [0, 0.1) is 0 Å². The Morgan fingerprint density at radius 1 is 1.26 bits per heavy atom. The summed E-state index contributed by atoms with van der Waals surface area (Å²) in [6.45, 7) is 0. The normalized spacial score (nSPS) is 17.5. The van der Waals surface area contributed by atoms with Crippen molar-refractivity contribution < 1.29 is 0 Å². The maximum Gasteiger partial charge on any atom is 0.102 e. The minimum atomic E-state index is 0.771. The summed E-state index contributed by atoms with van der Waals surface area (Å²) in [6, 6.07) is 8.39. The van der Waals surface area contributed by atoms with Crippen LogP contribution in [0.3, 0.4) is 0 Å². The van der Waals surface area contributed by atoms with E-state index in [2.05, 4.69) is 62.0 Å². The molecule has 1 aromatic heterocycles. The smallest absolute Gasteiger partial charge is 0.102 e. The van der Waals surface area contributed by atoms with Gasteiger partial charge in [-0.15, -0.1) is 0 Å². The number of benzene rings is 1. The van der Waals surface area contributed by atoms with Crippen LogP contribution in [0.15, 0.2) is 51.7 Å². The van der Waals surface area contributed by atoms with Gasteiger partial charge in [0.1, 0.15) is 5.70 Å². The van der Waals surface area contributed by atoms with E-state index in [1.807, 2.05) is 6.21 Å². The Morgan fingerprint density at radius 3 is 3.05 bits per heavy atom. The van der Waals surface area contributed by atoms with Crippen molar-refractivity contribution in [3.05, 3.63) is 52.3 Å². The lowest BCUT2D eigenvalue weighted by molar-refractivity contribution is 1.15. The molecule has 0 spiro atoms. The summed E-state index contributed by atoms with van der Waals surface area (Å²) in [5.41, 5.74) is 4.26. The number of hydrogen-bond donors (Lipinski definition) is 0. The molecule has 2 nitrogen and oxygen atoms in total. The molecule has 0 bridgehead atoms. The Balaban J connectivity index is 2.16. The third-order valence-corrected chi connectivity index (χ3v) is 4.56. The first kappa shape index (κ1) is 11.3. The van der Waals surface area contributed by atoms with Gasteiger partial charge in [-0.1, -0.05) is 36.5 Å². The average Bonchev–Trinajstić information content (AvgIpc) is 2.75. The fourth-order valence-corrected chi connectivity index (χ4v) is 3.40. The number of aromatic nitrogens is 1. The molecule has 0 saturated carbocycles. The second-order valence-electron chi connectivity index (χ2n) is 4.61. The second-order valence-corrected chi connectivity index (χ2v) is 5.95. The van der Waals surface area contributed by atoms with Crippen molar-refractivity contribution in [2.45, 2.75) is 6.42 Å². The Labute approximate surface area is 124 Å². The van der Waals surface area contributed by atoms with E-state index in [4.69, 9.17) is 12.2 Å². The molecule has 4 heteroatoms. The summed E-state index contributed by atoms with van der Waals surface area (Å²) in [5.74, 6) is 0. The maximum absolute atomic E-state index is 5.46. The molecule has 0 amide bonds. The highest BCUT2D eigenvalue weighted by Crippen LogP contribution is 2.37. The summed E-state index contributed by atoms with van der Waals surface area (Å²) < 4.78 is 3.24. The predicted octanol–water partition coefficient (Wildman–Crippen LogP) is 4.29. The van der Waals surface area contributed by atoms with Crippen LogP contribution in [0.4, 0.5) is 0 Å². The van der Waals surface area contributed by atoms with Gasteiger partial charge >= 0.3 is 0 Å². The van der Waals surface area contributed by atoms with Crippen molar-refractivity contribution in [3.63, 3.8) is 0 Å². The molecule has 2 heterocycles. The first-order chi connectivity index (χ1) is 9.25. The third kappa shape index (κ3) is 1.53. The molecular weight excluding hydrogens is 320 g/mol. The third-order valence-electron chi connectivity index (χ3n) is 3.50. The molecule has 2 aromatic rings. The van der Waals surface area contributed by atoms with Crippen LogP contribution in [0.2, 0.25) is 0 Å². The molecule has 0 saturated heterocycles. The number of fused-ring (bicyclic) bond motifs is 1. The SMILES string of the molecule is S=C1CC=C(Br)C2=C1N=Cc1cccc3ccn2c13. The van der Waals surface area contributed by atoms with Gasteiger partial charge in [-0.25, -0.2) is 0 Å². The van der Waals surface area contributed by atoms with E-state index in [0.717, 1.165) is 32.7 Å². The van der Waals surface area contributed by atoms with Gasteiger partial charge in [0, 0.05) is 39.1 Å². The standard InChI is InChI=1S/C15H9BrN2S/c16-11-4-5-12(19)13-15(11)18-7-6-9-2-1-3-10(8-17-13)14(9)18/h1-4,6-8H,5H2. The molecule has 1 aromatic carbocycles. The summed E-state index contributed by atoms with van der Waals surface area (Å²) in [5, 5.41) is 1.22. The molecule has 0 atom stereocenters. The van der Waals surface area contributed by atoms with Crippen LogP contribution in [0.1, 0.15) is 12.0 Å². The highest BCUT2D eigenvalue weighted by atomic mass is 79.9. The van der Waals surface area contributed by atoms with E-state index in [9.17, 15) is 0 Å². The van der Waals surface area contributed by atoms with E-state index in [-0.39, 0.29) is 0 Å². The fourth-order valence-electron chi connectivity index (χ4n) is 2.63. The first-order valence-electron chi connectivity index (χ1n) is 6.04. The zero-order valence-electron chi connectivity index (χ0n) is 9.93. The Bertz CT molecular complexity index is 824. The minimum Gasteiger partial charge on any atom is -0.313 e. The molecule has 1 aliphatic heterocycles. The van der Waals surface area contributed by atoms with Crippen LogP contribution in [0.5, 0.6) is 0 Å². The molecule has 1 aliphatic carbocycles. The number of allylic oxidation sites excluding steroid dienone is 4. The van der Waals surface area contributed by atoms with Crippen LogP contribution >= 0.6 is 28.1 Å². The van der Waals surface area contributed by atoms with E-state index < -0.39 is 0 Å². The van der Waals surface area contributed by atoms with E-state index in [1.54, 1.807) is 0 Å². The van der Waals surface area contributed by atoms with Gasteiger partial charge in [0.25, 0.3) is 0 Å². The van der Waals surface area contributed by atoms with Gasteiger partial charge in [0.05, 0.1) is 11.2 Å². The van der Waals surface area contributed by atoms with E-state index >= 15 is 0 Å². The molecule has 0 radical (unpaired) electrons. The number of hydrogen-bond acceptors (Lipinski definition) is 2. The van der Waals surface area contributed by atoms with Gasteiger partial charge in [0.15, 0.2) is 0 Å². The van der Waals surface area contributed by atoms with E-state index in [1.165, 1.54) is 10.9 Å². The number of nitrogens with zero attached hydrogens (tertiary/aromatic N) is 2. The zero-order chi connectivity index (χ0) is 13.0. The molecule has 0 unspecified atom stereocenters. The molecule has 2 aliphatic rings. The highest BCUT2D eigenvalue weighted by molar-refractivity contribution is 9.12. The largest absolute Gasteiger partial charge is 0.313 e. The fraction of sp³-hybridized carbons (Fsp3) is 0.0667. The van der Waals surface area contributed by atoms with Crippen molar-refractivity contribution in [2.75, 3.05) is 0 Å². The molecule has 0 fully saturated rings. The maximum atomic E-state index is 5.46. The highest BCUT2D eigenvalue weighted by Gasteiger charge is 2.23. The number of thiocarbonyl (C=S) groups is 1. The second kappa shape index (κ2) is 3.99. The lowest BCUT2D eigenvalue weighted by Crippen LogP contribution is -2.09. The summed E-state index contributed by atoms with van der Waals surface area (Å²) >= 11 is 9.10. The average molecular weight is 329 g/mol. The summed E-state index contributed by atoms with van der Waals surface area (Å²) in [7, 11) is 0. The Hall–Kier alpha value is -1.52. The first-order valence-corrected chi connectivity index (χ1v) is 7.24. The lowest BCUT2D eigenvalue weighted by atomic mass is 10.1. The van der Waals surface area contributed by atoms with Gasteiger partial charge < -0.3 is 4.57 Å². The van der Waals surface area contributed by atoms with Crippen molar-refractivity contribution in [3.8, 4) is 0 Å². The van der Waals surface area contributed by atoms with E-state index in [0.29, 0.717) is 0 Å². The van der Waals surface area contributed by atoms with Gasteiger partial charge in [0.2, 0.25) is 0 Å². The molecular formula is C15H9BrN2S. The van der Waals surface area contributed by atoms with Gasteiger partial charge in [-0.05, 0) is 22.0 Å². The lowest BCUT2D eigenvalue weighted by Gasteiger charge is -2.17. The Morgan fingerprint density at radius 2 is 2.16 bits per heavy atom. The number of para-hydroxylation sites is 1. The van der Waals surface area contributed by atoms with Crippen molar-refractivity contribution >= 4 is 55.8 Å². The number of aliphatic imine (C=N–C) groups is 1. The molecule has 19 heavy (non-hydrogen) atoms. The van der Waals surface area contributed by atoms with Crippen molar-refractivity contribution in [2.24, 2.45) is 4.99 Å². The molecule has 92 valence electrons. The summed E-state index contributed by atoms with van der Waals surface area (Å²) in [4.78, 5) is 5.50. The predicted molar refractivity (Wildman–Crippen MR) is 87.0 cm³/mol. The van der Waals surface area contributed by atoms with Crippen molar-refractivity contribution in [1.82, 2.24) is 4.57 Å². The number of rotatable bonds is 0. The molecule has 0 N–H and O–H groups in total. The van der Waals surface area contributed by atoms with Gasteiger partial charge in [-0.2, -0.15) is 0 Å².